The number of aromatic nitrogens is 3. The van der Waals surface area contributed by atoms with Crippen LogP contribution < -0.4 is 20.3 Å². The summed E-state index contributed by atoms with van der Waals surface area (Å²) in [6.07, 6.45) is 0.248. The van der Waals surface area contributed by atoms with Gasteiger partial charge in [0.15, 0.2) is 5.16 Å². The molecule has 0 saturated heterocycles. The highest BCUT2D eigenvalue weighted by Crippen LogP contribution is 2.25. The van der Waals surface area contributed by atoms with E-state index in [4.69, 9.17) is 21.1 Å². The summed E-state index contributed by atoms with van der Waals surface area (Å²) in [7, 11) is 3.11. The maximum atomic E-state index is 12.4. The van der Waals surface area contributed by atoms with Crippen LogP contribution >= 0.6 is 23.4 Å². The molecule has 0 atom stereocenters. The molecule has 0 saturated carbocycles. The van der Waals surface area contributed by atoms with E-state index in [1.165, 1.54) is 0 Å². The van der Waals surface area contributed by atoms with E-state index >= 15 is 0 Å². The predicted molar refractivity (Wildman–Crippen MR) is 116 cm³/mol. The standard InChI is InChI=1S/C20H19ClN4O4S/c1-28-15-8-3-12(17(10-15)29-2)9-16-19(27)23-20(25-24-16)30-11-18(26)22-14-6-4-13(21)5-7-14/h3-8,10H,9,11H2,1-2H3,(H,22,26)(H,23,25,27). The first-order chi connectivity index (χ1) is 14.5. The van der Waals surface area contributed by atoms with E-state index < -0.39 is 0 Å². The quantitative estimate of drug-likeness (QED) is 0.512. The Labute approximate surface area is 182 Å². The van der Waals surface area contributed by atoms with Crippen LogP contribution in [0, 0.1) is 0 Å². The molecular formula is C20H19ClN4O4S. The first-order valence-corrected chi connectivity index (χ1v) is 10.2. The molecule has 2 N–H and O–H groups in total. The third-order valence-electron chi connectivity index (χ3n) is 4.06. The van der Waals surface area contributed by atoms with Gasteiger partial charge in [0.05, 0.1) is 20.0 Å². The Morgan fingerprint density at radius 1 is 1.13 bits per heavy atom. The van der Waals surface area contributed by atoms with Gasteiger partial charge in [-0.05, 0) is 30.3 Å². The molecule has 8 nitrogen and oxygen atoms in total. The fraction of sp³-hybridized carbons (Fsp3) is 0.200. The van der Waals surface area contributed by atoms with Crippen molar-refractivity contribution in [3.8, 4) is 11.5 Å². The van der Waals surface area contributed by atoms with Gasteiger partial charge in [-0.2, -0.15) is 0 Å². The smallest absolute Gasteiger partial charge is 0.273 e. The van der Waals surface area contributed by atoms with E-state index in [0.717, 1.165) is 17.3 Å². The van der Waals surface area contributed by atoms with Crippen LogP contribution in [0.5, 0.6) is 11.5 Å². The number of methoxy groups -OCH3 is 2. The van der Waals surface area contributed by atoms with Crippen LogP contribution in [-0.2, 0) is 11.2 Å². The minimum Gasteiger partial charge on any atom is -0.497 e. The average molecular weight is 447 g/mol. The highest BCUT2D eigenvalue weighted by molar-refractivity contribution is 7.99. The minimum absolute atomic E-state index is 0.0683. The van der Waals surface area contributed by atoms with Crippen molar-refractivity contribution in [3.63, 3.8) is 0 Å². The average Bonchev–Trinajstić information content (AvgIpc) is 2.75. The first kappa shape index (κ1) is 21.7. The van der Waals surface area contributed by atoms with Crippen LogP contribution in [0.15, 0.2) is 52.4 Å². The van der Waals surface area contributed by atoms with Crippen LogP contribution in [0.3, 0.4) is 0 Å². The summed E-state index contributed by atoms with van der Waals surface area (Å²) < 4.78 is 10.5. The van der Waals surface area contributed by atoms with Crippen molar-refractivity contribution in [2.24, 2.45) is 0 Å². The van der Waals surface area contributed by atoms with Crippen LogP contribution in [0.4, 0.5) is 5.69 Å². The van der Waals surface area contributed by atoms with Crippen LogP contribution in [0.1, 0.15) is 11.3 Å². The Balaban J connectivity index is 1.62. The Morgan fingerprint density at radius 3 is 2.57 bits per heavy atom. The second kappa shape index (κ2) is 10.1. The number of nitrogens with one attached hydrogen (secondary N) is 2. The second-order valence-corrected chi connectivity index (χ2v) is 7.50. The molecular weight excluding hydrogens is 428 g/mol. The van der Waals surface area contributed by atoms with Gasteiger partial charge in [0.1, 0.15) is 17.2 Å². The molecule has 10 heteroatoms. The van der Waals surface area contributed by atoms with Gasteiger partial charge in [0, 0.05) is 28.8 Å². The highest BCUT2D eigenvalue weighted by Gasteiger charge is 2.12. The maximum absolute atomic E-state index is 12.4. The zero-order chi connectivity index (χ0) is 21.5. The van der Waals surface area contributed by atoms with Crippen molar-refractivity contribution < 1.29 is 14.3 Å². The summed E-state index contributed by atoms with van der Waals surface area (Å²) in [6, 6.07) is 12.1. The lowest BCUT2D eigenvalue weighted by Gasteiger charge is -2.09. The van der Waals surface area contributed by atoms with E-state index in [9.17, 15) is 9.59 Å². The van der Waals surface area contributed by atoms with Crippen LogP contribution in [0.2, 0.25) is 5.02 Å². The number of halogens is 1. The number of aromatic amines is 1. The van der Waals surface area contributed by atoms with Crippen molar-refractivity contribution in [1.29, 1.82) is 0 Å². The Morgan fingerprint density at radius 2 is 1.90 bits per heavy atom. The maximum Gasteiger partial charge on any atom is 0.273 e. The molecule has 2 aromatic carbocycles. The summed E-state index contributed by atoms with van der Waals surface area (Å²) in [5, 5.41) is 11.6. The summed E-state index contributed by atoms with van der Waals surface area (Å²) in [5.41, 5.74) is 1.28. The zero-order valence-electron chi connectivity index (χ0n) is 16.3. The third-order valence-corrected chi connectivity index (χ3v) is 5.18. The summed E-state index contributed by atoms with van der Waals surface area (Å²) in [5.74, 6) is 1.07. The number of H-pyrrole nitrogens is 1. The summed E-state index contributed by atoms with van der Waals surface area (Å²) in [6.45, 7) is 0. The minimum atomic E-state index is -0.372. The van der Waals surface area contributed by atoms with E-state index in [1.54, 1.807) is 50.6 Å². The molecule has 156 valence electrons. The van der Waals surface area contributed by atoms with E-state index in [1.807, 2.05) is 6.07 Å². The van der Waals surface area contributed by atoms with Gasteiger partial charge in [-0.1, -0.05) is 29.4 Å². The highest BCUT2D eigenvalue weighted by atomic mass is 35.5. The fourth-order valence-electron chi connectivity index (χ4n) is 2.57. The van der Waals surface area contributed by atoms with Crippen LogP contribution in [0.25, 0.3) is 0 Å². The summed E-state index contributed by atoms with van der Waals surface area (Å²) >= 11 is 6.90. The van der Waals surface area contributed by atoms with Gasteiger partial charge in [-0.15, -0.1) is 10.2 Å². The molecule has 30 heavy (non-hydrogen) atoms. The number of carbonyl (C=O) groups is 1. The molecule has 3 aromatic rings. The molecule has 1 heterocycles. The van der Waals surface area contributed by atoms with Crippen molar-refractivity contribution in [2.45, 2.75) is 11.6 Å². The van der Waals surface area contributed by atoms with Crippen LogP contribution in [-0.4, -0.2) is 41.1 Å². The molecule has 3 rings (SSSR count). The molecule has 0 aliphatic heterocycles. The predicted octanol–water partition coefficient (Wildman–Crippen LogP) is 3.16. The zero-order valence-corrected chi connectivity index (χ0v) is 17.8. The molecule has 0 aliphatic carbocycles. The van der Waals surface area contributed by atoms with Gasteiger partial charge >= 0.3 is 0 Å². The van der Waals surface area contributed by atoms with Crippen molar-refractivity contribution >= 4 is 35.0 Å². The van der Waals surface area contributed by atoms with Crippen molar-refractivity contribution in [3.05, 3.63) is 69.1 Å². The SMILES string of the molecule is COc1ccc(Cc2nnc(SCC(=O)Nc3ccc(Cl)cc3)[nH]c2=O)c(OC)c1. The molecule has 1 aromatic heterocycles. The molecule has 0 fully saturated rings. The van der Waals surface area contributed by atoms with E-state index in [2.05, 4.69) is 20.5 Å². The number of thioether (sulfide) groups is 1. The normalized spacial score (nSPS) is 10.5. The molecule has 0 bridgehead atoms. The van der Waals surface area contributed by atoms with Gasteiger partial charge < -0.3 is 14.8 Å². The Kier molecular flexibility index (Phi) is 7.31. The summed E-state index contributed by atoms with van der Waals surface area (Å²) in [4.78, 5) is 27.1. The lowest BCUT2D eigenvalue weighted by molar-refractivity contribution is -0.113. The largest absolute Gasteiger partial charge is 0.497 e. The Hall–Kier alpha value is -3.04. The molecule has 0 spiro atoms. The number of benzene rings is 2. The molecule has 0 radical (unpaired) electrons. The van der Waals surface area contributed by atoms with Crippen molar-refractivity contribution in [2.75, 3.05) is 25.3 Å². The number of nitrogens with zero attached hydrogens (tertiary/aromatic N) is 2. The topological polar surface area (TPSA) is 106 Å². The lowest BCUT2D eigenvalue weighted by atomic mass is 10.1. The lowest BCUT2D eigenvalue weighted by Crippen LogP contribution is -2.19. The van der Waals surface area contributed by atoms with Gasteiger partial charge in [0.2, 0.25) is 5.91 Å². The first-order valence-electron chi connectivity index (χ1n) is 8.83. The number of ether oxygens (including phenoxy) is 2. The monoisotopic (exact) mass is 446 g/mol. The molecule has 0 aliphatic rings. The van der Waals surface area contributed by atoms with Crippen molar-refractivity contribution in [1.82, 2.24) is 15.2 Å². The van der Waals surface area contributed by atoms with Gasteiger partial charge in [0.25, 0.3) is 5.56 Å². The number of rotatable bonds is 8. The third kappa shape index (κ3) is 5.74. The number of carbonyl (C=O) groups excluding carboxylic acids is 1. The molecule has 0 unspecified atom stereocenters. The van der Waals surface area contributed by atoms with Gasteiger partial charge in [-0.25, -0.2) is 0 Å². The number of hydrogen-bond acceptors (Lipinski definition) is 7. The second-order valence-electron chi connectivity index (χ2n) is 6.10. The van der Waals surface area contributed by atoms with Gasteiger partial charge in [-0.3, -0.25) is 14.6 Å². The number of amides is 1. The number of anilines is 1. The van der Waals surface area contributed by atoms with E-state index in [-0.39, 0.29) is 34.5 Å². The number of hydrogen-bond donors (Lipinski definition) is 2. The van der Waals surface area contributed by atoms with E-state index in [0.29, 0.717) is 22.2 Å². The fourth-order valence-corrected chi connectivity index (χ4v) is 3.30. The molecule has 1 amide bonds. The Bertz CT molecular complexity index is 1090.